The monoisotopic (exact) mass is 413 g/mol. The highest BCUT2D eigenvalue weighted by Crippen LogP contribution is 2.25. The van der Waals surface area contributed by atoms with Crippen molar-refractivity contribution in [2.24, 2.45) is 5.92 Å². The van der Waals surface area contributed by atoms with Crippen LogP contribution in [0, 0.1) is 5.92 Å². The third kappa shape index (κ3) is 4.89. The Morgan fingerprint density at radius 2 is 1.48 bits per heavy atom. The second kappa shape index (κ2) is 9.39. The highest BCUT2D eigenvalue weighted by atomic mass is 16.5. The lowest BCUT2D eigenvalue weighted by atomic mass is 9.89. The van der Waals surface area contributed by atoms with Gasteiger partial charge in [0.05, 0.1) is 0 Å². The standard InChI is InChI=1S/C26H23NO4/c28-18-19-8-10-21(11-9-19)26(30)27-16-4-5-22(17-27)25(29)20-12-14-24(15-13-20)31-23-6-2-1-3-7-23/h1-3,6-15,18,22H,4-5,16-17H2/t22-/m1/s1. The Kier molecular flexibility index (Phi) is 6.22. The minimum absolute atomic E-state index is 0.0417. The van der Waals surface area contributed by atoms with Gasteiger partial charge in [0.1, 0.15) is 17.8 Å². The summed E-state index contributed by atoms with van der Waals surface area (Å²) >= 11 is 0. The van der Waals surface area contributed by atoms with Crippen molar-refractivity contribution in [2.75, 3.05) is 13.1 Å². The third-order valence-corrected chi connectivity index (χ3v) is 5.49. The molecule has 1 fully saturated rings. The van der Waals surface area contributed by atoms with E-state index in [0.29, 0.717) is 35.5 Å². The van der Waals surface area contributed by atoms with Gasteiger partial charge in [-0.2, -0.15) is 0 Å². The van der Waals surface area contributed by atoms with Crippen LogP contribution in [-0.4, -0.2) is 36.0 Å². The molecule has 1 saturated heterocycles. The number of para-hydroxylation sites is 1. The van der Waals surface area contributed by atoms with Crippen LogP contribution in [0.3, 0.4) is 0 Å². The van der Waals surface area contributed by atoms with E-state index in [2.05, 4.69) is 0 Å². The maximum Gasteiger partial charge on any atom is 0.253 e. The van der Waals surface area contributed by atoms with Gasteiger partial charge in [-0.1, -0.05) is 30.3 Å². The van der Waals surface area contributed by atoms with Crippen molar-refractivity contribution in [1.82, 2.24) is 4.90 Å². The van der Waals surface area contributed by atoms with Crippen molar-refractivity contribution in [1.29, 1.82) is 0 Å². The lowest BCUT2D eigenvalue weighted by Gasteiger charge is -2.32. The summed E-state index contributed by atoms with van der Waals surface area (Å²) in [6.45, 7) is 1.03. The Balaban J connectivity index is 1.41. The molecule has 0 aromatic heterocycles. The molecule has 0 spiro atoms. The van der Waals surface area contributed by atoms with Crippen LogP contribution in [0.25, 0.3) is 0 Å². The number of carbonyl (C=O) groups is 3. The van der Waals surface area contributed by atoms with E-state index < -0.39 is 0 Å². The molecule has 156 valence electrons. The van der Waals surface area contributed by atoms with Crippen LogP contribution in [0.15, 0.2) is 78.9 Å². The fourth-order valence-electron chi connectivity index (χ4n) is 3.81. The van der Waals surface area contributed by atoms with Crippen molar-refractivity contribution in [3.63, 3.8) is 0 Å². The quantitative estimate of drug-likeness (QED) is 0.420. The molecule has 0 saturated carbocycles. The average molecular weight is 413 g/mol. The molecule has 0 bridgehead atoms. The van der Waals surface area contributed by atoms with Crippen molar-refractivity contribution in [3.05, 3.63) is 95.6 Å². The zero-order valence-corrected chi connectivity index (χ0v) is 17.1. The molecule has 1 amide bonds. The number of amides is 1. The molecule has 5 heteroatoms. The first-order chi connectivity index (χ1) is 15.1. The van der Waals surface area contributed by atoms with E-state index in [9.17, 15) is 14.4 Å². The molecule has 3 aromatic carbocycles. The molecule has 1 aliphatic rings. The summed E-state index contributed by atoms with van der Waals surface area (Å²) in [4.78, 5) is 38.4. The molecule has 0 aliphatic carbocycles. The van der Waals surface area contributed by atoms with Gasteiger partial charge in [-0.05, 0) is 61.4 Å². The van der Waals surface area contributed by atoms with E-state index in [0.717, 1.165) is 24.9 Å². The molecular weight excluding hydrogens is 390 g/mol. The Bertz CT molecular complexity index is 1060. The van der Waals surface area contributed by atoms with Gasteiger partial charge < -0.3 is 9.64 Å². The molecule has 0 N–H and O–H groups in total. The second-order valence-corrected chi connectivity index (χ2v) is 7.63. The number of piperidine rings is 1. The number of Topliss-reactive ketones (excluding diaryl/α,β-unsaturated/α-hetero) is 1. The van der Waals surface area contributed by atoms with E-state index in [1.54, 1.807) is 53.4 Å². The number of rotatable bonds is 6. The highest BCUT2D eigenvalue weighted by molar-refractivity contribution is 5.99. The number of hydrogen-bond acceptors (Lipinski definition) is 4. The Morgan fingerprint density at radius 1 is 0.839 bits per heavy atom. The Morgan fingerprint density at radius 3 is 2.16 bits per heavy atom. The van der Waals surface area contributed by atoms with Crippen LogP contribution in [0.1, 0.15) is 43.9 Å². The van der Waals surface area contributed by atoms with E-state index in [-0.39, 0.29) is 17.6 Å². The molecule has 31 heavy (non-hydrogen) atoms. The molecule has 5 nitrogen and oxygen atoms in total. The summed E-state index contributed by atoms with van der Waals surface area (Å²) in [6, 6.07) is 23.2. The zero-order valence-electron chi connectivity index (χ0n) is 17.1. The number of likely N-dealkylation sites (tertiary alicyclic amines) is 1. The van der Waals surface area contributed by atoms with Gasteiger partial charge in [0, 0.05) is 35.7 Å². The smallest absolute Gasteiger partial charge is 0.253 e. The fraction of sp³-hybridized carbons (Fsp3) is 0.192. The first-order valence-corrected chi connectivity index (χ1v) is 10.4. The van der Waals surface area contributed by atoms with Crippen molar-refractivity contribution in [3.8, 4) is 11.5 Å². The molecule has 1 aliphatic heterocycles. The van der Waals surface area contributed by atoms with Crippen LogP contribution in [-0.2, 0) is 0 Å². The van der Waals surface area contributed by atoms with Gasteiger partial charge in [0.25, 0.3) is 5.91 Å². The van der Waals surface area contributed by atoms with Crippen molar-refractivity contribution >= 4 is 18.0 Å². The van der Waals surface area contributed by atoms with Crippen LogP contribution >= 0.6 is 0 Å². The van der Waals surface area contributed by atoms with Gasteiger partial charge >= 0.3 is 0 Å². The lowest BCUT2D eigenvalue weighted by Crippen LogP contribution is -2.42. The first-order valence-electron chi connectivity index (χ1n) is 10.4. The number of aldehydes is 1. The summed E-state index contributed by atoms with van der Waals surface area (Å²) < 4.78 is 5.79. The van der Waals surface area contributed by atoms with Crippen molar-refractivity contribution in [2.45, 2.75) is 12.8 Å². The average Bonchev–Trinajstić information content (AvgIpc) is 2.84. The normalized spacial score (nSPS) is 15.9. The number of nitrogens with zero attached hydrogens (tertiary/aromatic N) is 1. The van der Waals surface area contributed by atoms with E-state index in [1.165, 1.54) is 0 Å². The predicted molar refractivity (Wildman–Crippen MR) is 118 cm³/mol. The van der Waals surface area contributed by atoms with Gasteiger partial charge in [-0.15, -0.1) is 0 Å². The topological polar surface area (TPSA) is 63.7 Å². The van der Waals surface area contributed by atoms with Gasteiger partial charge in [0.2, 0.25) is 0 Å². The maximum atomic E-state index is 13.0. The lowest BCUT2D eigenvalue weighted by molar-refractivity contribution is 0.0636. The summed E-state index contributed by atoms with van der Waals surface area (Å²) in [7, 11) is 0. The van der Waals surface area contributed by atoms with Gasteiger partial charge in [-0.3, -0.25) is 14.4 Å². The highest BCUT2D eigenvalue weighted by Gasteiger charge is 2.29. The van der Waals surface area contributed by atoms with Gasteiger partial charge in [0.15, 0.2) is 5.78 Å². The molecule has 0 radical (unpaired) electrons. The fourth-order valence-corrected chi connectivity index (χ4v) is 3.81. The summed E-state index contributed by atoms with van der Waals surface area (Å²) in [6.07, 6.45) is 2.29. The maximum absolute atomic E-state index is 13.0. The largest absolute Gasteiger partial charge is 0.457 e. The number of ether oxygens (including phenoxy) is 1. The number of hydrogen-bond donors (Lipinski definition) is 0. The number of carbonyl (C=O) groups excluding carboxylic acids is 3. The summed E-state index contributed by atoms with van der Waals surface area (Å²) in [5.74, 6) is 1.11. The van der Waals surface area contributed by atoms with E-state index >= 15 is 0 Å². The second-order valence-electron chi connectivity index (χ2n) is 7.63. The minimum atomic E-state index is -0.229. The van der Waals surface area contributed by atoms with Crippen LogP contribution in [0.5, 0.6) is 11.5 Å². The minimum Gasteiger partial charge on any atom is -0.457 e. The predicted octanol–water partition coefficient (Wildman–Crippen LogP) is 5.03. The number of ketones is 1. The Hall–Kier alpha value is -3.73. The molecule has 4 rings (SSSR count). The third-order valence-electron chi connectivity index (χ3n) is 5.49. The molecule has 1 heterocycles. The summed E-state index contributed by atoms with van der Waals surface area (Å²) in [5, 5.41) is 0. The Labute approximate surface area is 181 Å². The van der Waals surface area contributed by atoms with E-state index in [1.807, 2.05) is 30.3 Å². The van der Waals surface area contributed by atoms with Crippen LogP contribution in [0.2, 0.25) is 0 Å². The van der Waals surface area contributed by atoms with Crippen LogP contribution < -0.4 is 4.74 Å². The SMILES string of the molecule is O=Cc1ccc(C(=O)N2CCC[C@@H](C(=O)c3ccc(Oc4ccccc4)cc3)C2)cc1. The molecular formula is C26H23NO4. The van der Waals surface area contributed by atoms with E-state index in [4.69, 9.17) is 4.74 Å². The molecule has 1 atom stereocenters. The number of benzene rings is 3. The first kappa shape index (κ1) is 20.5. The van der Waals surface area contributed by atoms with Crippen LogP contribution in [0.4, 0.5) is 0 Å². The zero-order chi connectivity index (χ0) is 21.6. The molecule has 3 aromatic rings. The van der Waals surface area contributed by atoms with Gasteiger partial charge in [-0.25, -0.2) is 0 Å². The van der Waals surface area contributed by atoms with Crippen molar-refractivity contribution < 1.29 is 19.1 Å². The summed E-state index contributed by atoms with van der Waals surface area (Å²) in [5.41, 5.74) is 1.68. The molecule has 0 unspecified atom stereocenters.